The van der Waals surface area contributed by atoms with Crippen LogP contribution in [0.2, 0.25) is 0 Å². The number of nitrogens with one attached hydrogen (secondary N) is 1. The summed E-state index contributed by atoms with van der Waals surface area (Å²) >= 11 is 3.39. The smallest absolute Gasteiger partial charge is 0.311 e. The molecule has 0 aliphatic heterocycles. The zero-order chi connectivity index (χ0) is 14.7. The zero-order valence-corrected chi connectivity index (χ0v) is 12.0. The van der Waals surface area contributed by atoms with Gasteiger partial charge in [-0.2, -0.15) is 0 Å². The van der Waals surface area contributed by atoms with Gasteiger partial charge in [0.25, 0.3) is 0 Å². The van der Waals surface area contributed by atoms with Gasteiger partial charge in [0.15, 0.2) is 0 Å². The Labute approximate surface area is 123 Å². The second-order valence-electron chi connectivity index (χ2n) is 3.83. The van der Waals surface area contributed by atoms with Crippen molar-refractivity contribution in [2.45, 2.75) is 0 Å². The molecule has 0 radical (unpaired) electrons. The van der Waals surface area contributed by atoms with E-state index in [-0.39, 0.29) is 11.5 Å². The molecule has 3 N–H and O–H groups in total. The number of nitrogens with zero attached hydrogens (tertiary/aromatic N) is 2. The Kier molecular flexibility index (Phi) is 4.04. The molecule has 0 amide bonds. The summed E-state index contributed by atoms with van der Waals surface area (Å²) in [5.74, 6) is 0.937. The first kappa shape index (κ1) is 14.1. The van der Waals surface area contributed by atoms with Crippen LogP contribution in [0.3, 0.4) is 0 Å². The number of nitro groups is 1. The van der Waals surface area contributed by atoms with E-state index in [9.17, 15) is 10.1 Å². The summed E-state index contributed by atoms with van der Waals surface area (Å²) in [7, 11) is 1.56. The number of methoxy groups -OCH3 is 1. The van der Waals surface area contributed by atoms with Gasteiger partial charge in [-0.3, -0.25) is 10.1 Å². The molecule has 1 aromatic carbocycles. The quantitative estimate of drug-likeness (QED) is 0.655. The molecule has 0 fully saturated rings. The molecule has 0 atom stereocenters. The molecule has 20 heavy (non-hydrogen) atoms. The maximum Gasteiger partial charge on any atom is 0.311 e. The number of anilines is 3. The van der Waals surface area contributed by atoms with E-state index in [1.807, 2.05) is 6.07 Å². The van der Waals surface area contributed by atoms with Gasteiger partial charge in [0.2, 0.25) is 5.82 Å². The number of ether oxygens (including phenoxy) is 1. The molecule has 8 heteroatoms. The molecule has 7 nitrogen and oxygen atoms in total. The molecule has 0 unspecified atom stereocenters. The van der Waals surface area contributed by atoms with Gasteiger partial charge in [-0.15, -0.1) is 0 Å². The third kappa shape index (κ3) is 2.97. The average Bonchev–Trinajstić information content (AvgIpc) is 2.41. The molecule has 0 saturated carbocycles. The van der Waals surface area contributed by atoms with Gasteiger partial charge >= 0.3 is 5.69 Å². The number of hydrogen-bond acceptors (Lipinski definition) is 6. The number of aromatic nitrogens is 1. The highest BCUT2D eigenvalue weighted by Gasteiger charge is 2.13. The van der Waals surface area contributed by atoms with Gasteiger partial charge in [-0.1, -0.05) is 0 Å². The second kappa shape index (κ2) is 5.74. The van der Waals surface area contributed by atoms with Crippen LogP contribution in [0.15, 0.2) is 34.8 Å². The van der Waals surface area contributed by atoms with Crippen molar-refractivity contribution in [3.63, 3.8) is 0 Å². The average molecular weight is 339 g/mol. The third-order valence-electron chi connectivity index (χ3n) is 2.54. The van der Waals surface area contributed by atoms with Gasteiger partial charge < -0.3 is 15.8 Å². The van der Waals surface area contributed by atoms with Crippen molar-refractivity contribution >= 4 is 38.9 Å². The molecule has 0 spiro atoms. The third-order valence-corrected chi connectivity index (χ3v) is 3.23. The van der Waals surface area contributed by atoms with Gasteiger partial charge in [0.05, 0.1) is 17.7 Å². The van der Waals surface area contributed by atoms with Crippen molar-refractivity contribution in [3.05, 3.63) is 44.9 Å². The SMILES string of the molecule is COc1ccc(Br)c(Nc2ccc([N+](=O)[O-])c(N)n2)c1. The van der Waals surface area contributed by atoms with Gasteiger partial charge in [-0.25, -0.2) is 4.98 Å². The Morgan fingerprint density at radius 1 is 1.40 bits per heavy atom. The van der Waals surface area contributed by atoms with Crippen LogP contribution in [0, 0.1) is 10.1 Å². The lowest BCUT2D eigenvalue weighted by Gasteiger charge is -2.10. The van der Waals surface area contributed by atoms with E-state index in [2.05, 4.69) is 26.2 Å². The van der Waals surface area contributed by atoms with Crippen molar-refractivity contribution in [2.24, 2.45) is 0 Å². The maximum atomic E-state index is 10.7. The largest absolute Gasteiger partial charge is 0.497 e. The summed E-state index contributed by atoms with van der Waals surface area (Å²) in [5, 5.41) is 13.7. The number of halogens is 1. The summed E-state index contributed by atoms with van der Waals surface area (Å²) in [6, 6.07) is 8.17. The molecule has 0 saturated heterocycles. The minimum atomic E-state index is -0.576. The Balaban J connectivity index is 2.30. The summed E-state index contributed by atoms with van der Waals surface area (Å²) in [5.41, 5.74) is 6.03. The summed E-state index contributed by atoms with van der Waals surface area (Å²) in [6.07, 6.45) is 0. The Bertz CT molecular complexity index is 663. The molecule has 1 heterocycles. The van der Waals surface area contributed by atoms with Gasteiger partial charge in [-0.05, 0) is 34.1 Å². The summed E-state index contributed by atoms with van der Waals surface area (Å²) < 4.78 is 5.93. The van der Waals surface area contributed by atoms with Crippen LogP contribution in [-0.4, -0.2) is 17.0 Å². The molecule has 104 valence electrons. The van der Waals surface area contributed by atoms with Gasteiger partial charge in [0.1, 0.15) is 11.6 Å². The first-order chi connectivity index (χ1) is 9.51. The van der Waals surface area contributed by atoms with E-state index in [0.29, 0.717) is 17.3 Å². The van der Waals surface area contributed by atoms with E-state index >= 15 is 0 Å². The van der Waals surface area contributed by atoms with E-state index in [4.69, 9.17) is 10.5 Å². The van der Waals surface area contributed by atoms with Crippen LogP contribution in [-0.2, 0) is 0 Å². The first-order valence-electron chi connectivity index (χ1n) is 5.52. The molecular weight excluding hydrogens is 328 g/mol. The number of nitrogen functional groups attached to an aromatic ring is 1. The van der Waals surface area contributed by atoms with Gasteiger partial charge in [0, 0.05) is 16.6 Å². The van der Waals surface area contributed by atoms with Crippen molar-refractivity contribution in [1.82, 2.24) is 4.98 Å². The monoisotopic (exact) mass is 338 g/mol. The van der Waals surface area contributed by atoms with Crippen molar-refractivity contribution in [3.8, 4) is 5.75 Å². The fourth-order valence-corrected chi connectivity index (χ4v) is 1.90. The summed E-state index contributed by atoms with van der Waals surface area (Å²) in [4.78, 5) is 14.0. The Morgan fingerprint density at radius 2 is 2.15 bits per heavy atom. The van der Waals surface area contributed by atoms with Crippen LogP contribution >= 0.6 is 15.9 Å². The fraction of sp³-hybridized carbons (Fsp3) is 0.0833. The van der Waals surface area contributed by atoms with Crippen molar-refractivity contribution in [1.29, 1.82) is 0 Å². The highest BCUT2D eigenvalue weighted by atomic mass is 79.9. The molecule has 0 bridgehead atoms. The highest BCUT2D eigenvalue weighted by molar-refractivity contribution is 9.10. The number of benzene rings is 1. The maximum absolute atomic E-state index is 10.7. The lowest BCUT2D eigenvalue weighted by atomic mass is 10.3. The van der Waals surface area contributed by atoms with E-state index in [1.165, 1.54) is 12.1 Å². The second-order valence-corrected chi connectivity index (χ2v) is 4.68. The normalized spacial score (nSPS) is 10.1. The number of rotatable bonds is 4. The molecular formula is C12H11BrN4O3. The Morgan fingerprint density at radius 3 is 2.75 bits per heavy atom. The zero-order valence-electron chi connectivity index (χ0n) is 10.5. The van der Waals surface area contributed by atoms with E-state index in [0.717, 1.165) is 4.47 Å². The first-order valence-corrected chi connectivity index (χ1v) is 6.32. The van der Waals surface area contributed by atoms with E-state index in [1.54, 1.807) is 19.2 Å². The lowest BCUT2D eigenvalue weighted by Crippen LogP contribution is -2.02. The molecule has 0 aliphatic carbocycles. The predicted octanol–water partition coefficient (Wildman–Crippen LogP) is 3.09. The Hall–Kier alpha value is -2.35. The molecule has 0 aliphatic rings. The topological polar surface area (TPSA) is 103 Å². The van der Waals surface area contributed by atoms with Crippen molar-refractivity contribution < 1.29 is 9.66 Å². The minimum Gasteiger partial charge on any atom is -0.497 e. The standard InChI is InChI=1S/C12H11BrN4O3/c1-20-7-2-3-8(13)9(6-7)15-11-5-4-10(17(18)19)12(14)16-11/h2-6H,1H3,(H3,14,15,16). The van der Waals surface area contributed by atoms with Crippen molar-refractivity contribution in [2.75, 3.05) is 18.2 Å². The van der Waals surface area contributed by atoms with Crippen LogP contribution in [0.5, 0.6) is 5.75 Å². The molecule has 2 aromatic rings. The molecule has 1 aromatic heterocycles. The van der Waals surface area contributed by atoms with Crippen LogP contribution in [0.4, 0.5) is 23.0 Å². The number of nitrogens with two attached hydrogens (primary N) is 1. The van der Waals surface area contributed by atoms with Crippen LogP contribution in [0.25, 0.3) is 0 Å². The van der Waals surface area contributed by atoms with E-state index < -0.39 is 4.92 Å². The highest BCUT2D eigenvalue weighted by Crippen LogP contribution is 2.30. The predicted molar refractivity (Wildman–Crippen MR) is 79.3 cm³/mol. The number of pyridine rings is 1. The fourth-order valence-electron chi connectivity index (χ4n) is 1.56. The molecule has 2 rings (SSSR count). The minimum absolute atomic E-state index is 0.140. The summed E-state index contributed by atoms with van der Waals surface area (Å²) in [6.45, 7) is 0. The van der Waals surface area contributed by atoms with Crippen LogP contribution < -0.4 is 15.8 Å². The number of hydrogen-bond donors (Lipinski definition) is 2. The van der Waals surface area contributed by atoms with Crippen LogP contribution in [0.1, 0.15) is 0 Å². The lowest BCUT2D eigenvalue weighted by molar-refractivity contribution is -0.384.